The summed E-state index contributed by atoms with van der Waals surface area (Å²) >= 11 is 0. The highest BCUT2D eigenvalue weighted by atomic mass is 19.1. The zero-order chi connectivity index (χ0) is 24.9. The number of benzene rings is 1. The zero-order valence-electron chi connectivity index (χ0n) is 19.4. The van der Waals surface area contributed by atoms with E-state index in [1.807, 2.05) is 18.7 Å². The molecule has 0 bridgehead atoms. The van der Waals surface area contributed by atoms with Crippen molar-refractivity contribution < 1.29 is 18.7 Å². The minimum atomic E-state index is -0.431. The molecule has 10 heteroatoms. The highest BCUT2D eigenvalue weighted by Gasteiger charge is 2.32. The molecule has 0 saturated carbocycles. The van der Waals surface area contributed by atoms with E-state index in [9.17, 15) is 18.8 Å². The van der Waals surface area contributed by atoms with Crippen LogP contribution in [0.25, 0.3) is 0 Å². The van der Waals surface area contributed by atoms with Crippen LogP contribution in [0.5, 0.6) is 11.5 Å². The van der Waals surface area contributed by atoms with Gasteiger partial charge in [0.2, 0.25) is 11.5 Å². The standard InChI is InChI=1S/C25H26FN5O4/c1-16-15-30(11-12-31(16)25(34)18-3-10-23(32)28-13-18)17(2)24(33)29-22-9-8-21(14-27-22)35-20-6-4-19(26)5-7-20/h3-10,13-14,16-17H,11-12,15H2,1-2H3,(H,28,32)(H,27,29,33)/t16-,17-/m0/s1. The summed E-state index contributed by atoms with van der Waals surface area (Å²) in [7, 11) is 0. The number of anilines is 1. The van der Waals surface area contributed by atoms with Crippen molar-refractivity contribution in [2.24, 2.45) is 0 Å². The van der Waals surface area contributed by atoms with Gasteiger partial charge in [0, 0.05) is 37.9 Å². The molecule has 2 atom stereocenters. The van der Waals surface area contributed by atoms with Crippen molar-refractivity contribution in [1.29, 1.82) is 0 Å². The number of aromatic amines is 1. The lowest BCUT2D eigenvalue weighted by molar-refractivity contribution is -0.121. The molecule has 0 spiro atoms. The van der Waals surface area contributed by atoms with Gasteiger partial charge in [-0.05, 0) is 56.3 Å². The topological polar surface area (TPSA) is 108 Å². The summed E-state index contributed by atoms with van der Waals surface area (Å²) in [6.07, 6.45) is 2.90. The number of piperazine rings is 1. The maximum atomic E-state index is 13.0. The Morgan fingerprint density at radius 2 is 1.86 bits per heavy atom. The van der Waals surface area contributed by atoms with Crippen LogP contribution in [0.2, 0.25) is 0 Å². The molecule has 4 rings (SSSR count). The number of amides is 2. The van der Waals surface area contributed by atoms with Crippen molar-refractivity contribution in [3.05, 3.63) is 82.7 Å². The number of pyridine rings is 2. The third-order valence-electron chi connectivity index (χ3n) is 5.92. The van der Waals surface area contributed by atoms with Crippen molar-refractivity contribution in [2.75, 3.05) is 25.0 Å². The Labute approximate surface area is 201 Å². The van der Waals surface area contributed by atoms with Crippen molar-refractivity contribution in [3.63, 3.8) is 0 Å². The van der Waals surface area contributed by atoms with Gasteiger partial charge in [-0.1, -0.05) is 0 Å². The number of rotatable bonds is 6. The number of hydrogen-bond acceptors (Lipinski definition) is 6. The second kappa shape index (κ2) is 10.5. The second-order valence-corrected chi connectivity index (χ2v) is 8.38. The van der Waals surface area contributed by atoms with Gasteiger partial charge >= 0.3 is 0 Å². The zero-order valence-corrected chi connectivity index (χ0v) is 19.4. The normalized spacial score (nSPS) is 17.0. The molecule has 35 heavy (non-hydrogen) atoms. The fourth-order valence-electron chi connectivity index (χ4n) is 3.90. The SMILES string of the molecule is C[C@@H](C(=O)Nc1ccc(Oc2ccc(F)cc2)cn1)N1CCN(C(=O)c2ccc(=O)[nH]c2)[C@@H](C)C1. The summed E-state index contributed by atoms with van der Waals surface area (Å²) in [6.45, 7) is 5.27. The lowest BCUT2D eigenvalue weighted by Gasteiger charge is -2.41. The second-order valence-electron chi connectivity index (χ2n) is 8.38. The largest absolute Gasteiger partial charge is 0.456 e. The van der Waals surface area contributed by atoms with Gasteiger partial charge in [-0.2, -0.15) is 0 Å². The van der Waals surface area contributed by atoms with E-state index >= 15 is 0 Å². The van der Waals surface area contributed by atoms with Gasteiger partial charge in [-0.3, -0.25) is 19.3 Å². The van der Waals surface area contributed by atoms with E-state index in [1.165, 1.54) is 48.8 Å². The number of H-pyrrole nitrogens is 1. The van der Waals surface area contributed by atoms with Gasteiger partial charge in [0.1, 0.15) is 23.1 Å². The van der Waals surface area contributed by atoms with Gasteiger partial charge in [0.15, 0.2) is 0 Å². The van der Waals surface area contributed by atoms with Crippen LogP contribution in [-0.2, 0) is 4.79 Å². The maximum Gasteiger partial charge on any atom is 0.255 e. The number of carbonyl (C=O) groups is 2. The van der Waals surface area contributed by atoms with Crippen molar-refractivity contribution >= 4 is 17.6 Å². The van der Waals surface area contributed by atoms with E-state index in [1.54, 1.807) is 17.0 Å². The molecule has 2 aromatic heterocycles. The number of aromatic nitrogens is 2. The number of carbonyl (C=O) groups excluding carboxylic acids is 2. The average molecular weight is 480 g/mol. The molecular weight excluding hydrogens is 453 g/mol. The van der Waals surface area contributed by atoms with Crippen LogP contribution in [0.15, 0.2) is 65.7 Å². The molecule has 1 saturated heterocycles. The summed E-state index contributed by atoms with van der Waals surface area (Å²) in [5, 5.41) is 2.81. The van der Waals surface area contributed by atoms with Gasteiger partial charge in [-0.15, -0.1) is 0 Å². The number of ether oxygens (including phenoxy) is 1. The highest BCUT2D eigenvalue weighted by molar-refractivity contribution is 5.95. The Bertz CT molecular complexity index is 1230. The van der Waals surface area contributed by atoms with E-state index in [2.05, 4.69) is 15.3 Å². The lowest BCUT2D eigenvalue weighted by atomic mass is 10.1. The molecule has 9 nitrogen and oxygen atoms in total. The molecule has 1 aliphatic heterocycles. The Hall–Kier alpha value is -4.05. The molecule has 0 aliphatic carbocycles. The molecule has 2 N–H and O–H groups in total. The molecule has 2 amide bonds. The molecule has 0 radical (unpaired) electrons. The molecular formula is C25H26FN5O4. The van der Waals surface area contributed by atoms with E-state index in [-0.39, 0.29) is 29.2 Å². The van der Waals surface area contributed by atoms with E-state index < -0.39 is 6.04 Å². The van der Waals surface area contributed by atoms with Crippen molar-refractivity contribution in [2.45, 2.75) is 25.9 Å². The van der Waals surface area contributed by atoms with Crippen molar-refractivity contribution in [3.8, 4) is 11.5 Å². The highest BCUT2D eigenvalue weighted by Crippen LogP contribution is 2.22. The Kier molecular flexibility index (Phi) is 7.21. The minimum Gasteiger partial charge on any atom is -0.456 e. The quantitative estimate of drug-likeness (QED) is 0.563. The average Bonchev–Trinajstić information content (AvgIpc) is 2.86. The maximum absolute atomic E-state index is 13.0. The number of nitrogens with one attached hydrogen (secondary N) is 2. The predicted octanol–water partition coefficient (Wildman–Crippen LogP) is 2.87. The molecule has 1 aromatic carbocycles. The monoisotopic (exact) mass is 479 g/mol. The first-order valence-corrected chi connectivity index (χ1v) is 11.2. The van der Waals surface area contributed by atoms with E-state index in [0.29, 0.717) is 42.5 Å². The summed E-state index contributed by atoms with van der Waals surface area (Å²) in [6, 6.07) is 11.2. The Balaban J connectivity index is 1.31. The van der Waals surface area contributed by atoms with Gasteiger partial charge in [0.05, 0.1) is 17.8 Å². The molecule has 3 aromatic rings. The summed E-state index contributed by atoms with van der Waals surface area (Å²) in [4.78, 5) is 47.4. The Morgan fingerprint density at radius 1 is 1.11 bits per heavy atom. The number of hydrogen-bond donors (Lipinski definition) is 2. The minimum absolute atomic E-state index is 0.112. The van der Waals surface area contributed by atoms with Crippen LogP contribution in [0.3, 0.4) is 0 Å². The molecule has 0 unspecified atom stereocenters. The van der Waals surface area contributed by atoms with Gasteiger partial charge in [-0.25, -0.2) is 9.37 Å². The number of halogens is 1. The van der Waals surface area contributed by atoms with Gasteiger partial charge < -0.3 is 19.9 Å². The fraction of sp³-hybridized carbons (Fsp3) is 0.280. The van der Waals surface area contributed by atoms with Crippen LogP contribution in [0, 0.1) is 5.82 Å². The van der Waals surface area contributed by atoms with Crippen LogP contribution in [-0.4, -0.2) is 63.3 Å². The lowest BCUT2D eigenvalue weighted by Crippen LogP contribution is -2.58. The summed E-state index contributed by atoms with van der Waals surface area (Å²) in [5.74, 6) is 0.604. The van der Waals surface area contributed by atoms with Crippen molar-refractivity contribution in [1.82, 2.24) is 19.8 Å². The molecule has 1 fully saturated rings. The van der Waals surface area contributed by atoms with E-state index in [0.717, 1.165) is 0 Å². The third-order valence-corrected chi connectivity index (χ3v) is 5.92. The first-order valence-electron chi connectivity index (χ1n) is 11.2. The van der Waals surface area contributed by atoms with Crippen LogP contribution in [0.1, 0.15) is 24.2 Å². The number of nitrogens with zero attached hydrogens (tertiary/aromatic N) is 3. The van der Waals surface area contributed by atoms with Gasteiger partial charge in [0.25, 0.3) is 5.91 Å². The molecule has 1 aliphatic rings. The predicted molar refractivity (Wildman–Crippen MR) is 128 cm³/mol. The fourth-order valence-corrected chi connectivity index (χ4v) is 3.90. The Morgan fingerprint density at radius 3 is 2.49 bits per heavy atom. The van der Waals surface area contributed by atoms with Crippen LogP contribution < -0.4 is 15.6 Å². The molecule has 182 valence electrons. The van der Waals surface area contributed by atoms with E-state index in [4.69, 9.17) is 4.74 Å². The first kappa shape index (κ1) is 24.1. The molecule has 3 heterocycles. The summed E-state index contributed by atoms with van der Waals surface area (Å²) in [5.41, 5.74) is 0.164. The third kappa shape index (κ3) is 5.90. The smallest absolute Gasteiger partial charge is 0.255 e. The van der Waals surface area contributed by atoms with Crippen LogP contribution >= 0.6 is 0 Å². The first-order chi connectivity index (χ1) is 16.8. The summed E-state index contributed by atoms with van der Waals surface area (Å²) < 4.78 is 18.6. The van der Waals surface area contributed by atoms with Crippen LogP contribution in [0.4, 0.5) is 10.2 Å².